The minimum atomic E-state index is -0.912. The van der Waals surface area contributed by atoms with E-state index >= 15 is 0 Å². The molecule has 19 heavy (non-hydrogen) atoms. The molecule has 4 nitrogen and oxygen atoms in total. The van der Waals surface area contributed by atoms with Crippen molar-refractivity contribution >= 4 is 21.8 Å². The average molecular weight is 332 g/mol. The first-order chi connectivity index (χ1) is 9.00. The van der Waals surface area contributed by atoms with Crippen molar-refractivity contribution in [2.24, 2.45) is 0 Å². The van der Waals surface area contributed by atoms with Gasteiger partial charge in [-0.25, -0.2) is 4.39 Å². The van der Waals surface area contributed by atoms with Crippen molar-refractivity contribution < 1.29 is 19.0 Å². The van der Waals surface area contributed by atoms with Crippen molar-refractivity contribution in [3.05, 3.63) is 34.1 Å². The van der Waals surface area contributed by atoms with Crippen LogP contribution >= 0.6 is 15.9 Å². The molecule has 6 heteroatoms. The van der Waals surface area contributed by atoms with E-state index in [9.17, 15) is 14.3 Å². The van der Waals surface area contributed by atoms with Crippen molar-refractivity contribution in [1.82, 2.24) is 5.32 Å². The first-order valence-electron chi connectivity index (χ1n) is 6.04. The summed E-state index contributed by atoms with van der Waals surface area (Å²) in [6.45, 7) is 1.16. The van der Waals surface area contributed by atoms with Gasteiger partial charge in [0.25, 0.3) is 5.91 Å². The summed E-state index contributed by atoms with van der Waals surface area (Å²) in [4.78, 5) is 11.9. The minimum absolute atomic E-state index is 0.171. The Bertz CT molecular complexity index is 475. The zero-order valence-corrected chi connectivity index (χ0v) is 11.9. The van der Waals surface area contributed by atoms with Crippen LogP contribution in [0.25, 0.3) is 0 Å². The summed E-state index contributed by atoms with van der Waals surface area (Å²) in [5.41, 5.74) is -0.561. The van der Waals surface area contributed by atoms with E-state index in [1.165, 1.54) is 18.2 Å². The predicted molar refractivity (Wildman–Crippen MR) is 71.4 cm³/mol. The second kappa shape index (κ2) is 5.98. The summed E-state index contributed by atoms with van der Waals surface area (Å²) in [5, 5.41) is 12.9. The third kappa shape index (κ3) is 3.75. The van der Waals surface area contributed by atoms with Gasteiger partial charge in [0, 0.05) is 38.2 Å². The van der Waals surface area contributed by atoms with E-state index in [1.54, 1.807) is 0 Å². The molecule has 1 aliphatic heterocycles. The van der Waals surface area contributed by atoms with Gasteiger partial charge in [0.1, 0.15) is 5.82 Å². The highest BCUT2D eigenvalue weighted by Gasteiger charge is 2.30. The standard InChI is InChI=1S/C13H15BrFNO3/c14-10-7-9(1-2-11(10)15)12(17)16-8-13(18)3-5-19-6-4-13/h1-2,7,18H,3-6,8H2,(H,16,17). The number of carbonyl (C=O) groups excluding carboxylic acids is 1. The van der Waals surface area contributed by atoms with E-state index in [0.29, 0.717) is 31.6 Å². The summed E-state index contributed by atoms with van der Waals surface area (Å²) in [7, 11) is 0. The number of benzene rings is 1. The van der Waals surface area contributed by atoms with Crippen LogP contribution in [-0.4, -0.2) is 36.4 Å². The molecule has 1 fully saturated rings. The summed E-state index contributed by atoms with van der Waals surface area (Å²) >= 11 is 3.03. The molecule has 0 radical (unpaired) electrons. The molecule has 1 aromatic rings. The van der Waals surface area contributed by atoms with Crippen LogP contribution in [0.4, 0.5) is 4.39 Å². The maximum absolute atomic E-state index is 13.1. The maximum Gasteiger partial charge on any atom is 0.251 e. The molecule has 0 atom stereocenters. The van der Waals surface area contributed by atoms with Crippen molar-refractivity contribution in [2.45, 2.75) is 18.4 Å². The van der Waals surface area contributed by atoms with Gasteiger partial charge in [0.2, 0.25) is 0 Å². The Morgan fingerprint density at radius 3 is 2.79 bits per heavy atom. The van der Waals surface area contributed by atoms with Gasteiger partial charge in [-0.05, 0) is 34.1 Å². The van der Waals surface area contributed by atoms with E-state index in [0.717, 1.165) is 0 Å². The molecule has 0 unspecified atom stereocenters. The van der Waals surface area contributed by atoms with Gasteiger partial charge < -0.3 is 15.2 Å². The van der Waals surface area contributed by atoms with Crippen LogP contribution in [0, 0.1) is 5.82 Å². The lowest BCUT2D eigenvalue weighted by Gasteiger charge is -2.32. The summed E-state index contributed by atoms with van der Waals surface area (Å²) < 4.78 is 18.5. The van der Waals surface area contributed by atoms with E-state index < -0.39 is 11.4 Å². The Labute approximate surface area is 119 Å². The first kappa shape index (κ1) is 14.4. The van der Waals surface area contributed by atoms with Gasteiger partial charge >= 0.3 is 0 Å². The SMILES string of the molecule is O=C(NCC1(O)CCOCC1)c1ccc(F)c(Br)c1. The lowest BCUT2D eigenvalue weighted by molar-refractivity contribution is -0.0605. The highest BCUT2D eigenvalue weighted by Crippen LogP contribution is 2.20. The van der Waals surface area contributed by atoms with Crippen molar-refractivity contribution in [3.63, 3.8) is 0 Å². The second-order valence-electron chi connectivity index (χ2n) is 4.65. The van der Waals surface area contributed by atoms with E-state index in [-0.39, 0.29) is 16.9 Å². The van der Waals surface area contributed by atoms with Crippen molar-refractivity contribution in [2.75, 3.05) is 19.8 Å². The zero-order chi connectivity index (χ0) is 13.9. The number of hydrogen-bond donors (Lipinski definition) is 2. The molecule has 0 saturated carbocycles. The number of carbonyl (C=O) groups is 1. The third-order valence-electron chi connectivity index (χ3n) is 3.18. The lowest BCUT2D eigenvalue weighted by Crippen LogP contribution is -2.46. The fraction of sp³-hybridized carbons (Fsp3) is 0.462. The number of halogens is 2. The highest BCUT2D eigenvalue weighted by atomic mass is 79.9. The quantitative estimate of drug-likeness (QED) is 0.888. The van der Waals surface area contributed by atoms with Gasteiger partial charge in [0.05, 0.1) is 10.1 Å². The molecule has 1 aromatic carbocycles. The molecule has 104 valence electrons. The van der Waals surface area contributed by atoms with Crippen molar-refractivity contribution in [3.8, 4) is 0 Å². The molecule has 0 bridgehead atoms. The Kier molecular flexibility index (Phi) is 4.54. The molecule has 2 rings (SSSR count). The molecule has 1 amide bonds. The Balaban J connectivity index is 1.95. The van der Waals surface area contributed by atoms with Crippen LogP contribution in [0.15, 0.2) is 22.7 Å². The second-order valence-corrected chi connectivity index (χ2v) is 5.50. The number of hydrogen-bond acceptors (Lipinski definition) is 3. The van der Waals surface area contributed by atoms with Crippen LogP contribution < -0.4 is 5.32 Å². The smallest absolute Gasteiger partial charge is 0.251 e. The lowest BCUT2D eigenvalue weighted by atomic mass is 9.94. The molecule has 1 aliphatic rings. The van der Waals surface area contributed by atoms with Gasteiger partial charge in [-0.2, -0.15) is 0 Å². The summed E-state index contributed by atoms with van der Waals surface area (Å²) in [5.74, 6) is -0.750. The predicted octanol–water partition coefficient (Wildman–Crippen LogP) is 1.86. The highest BCUT2D eigenvalue weighted by molar-refractivity contribution is 9.10. The van der Waals surface area contributed by atoms with Gasteiger partial charge in [-0.3, -0.25) is 4.79 Å². The van der Waals surface area contributed by atoms with Gasteiger partial charge in [-0.1, -0.05) is 0 Å². The molecular formula is C13H15BrFNO3. The van der Waals surface area contributed by atoms with Gasteiger partial charge in [-0.15, -0.1) is 0 Å². The van der Waals surface area contributed by atoms with Crippen LogP contribution in [0.5, 0.6) is 0 Å². The zero-order valence-electron chi connectivity index (χ0n) is 10.3. The Morgan fingerprint density at radius 2 is 2.16 bits per heavy atom. The fourth-order valence-electron chi connectivity index (χ4n) is 1.91. The molecule has 1 saturated heterocycles. The number of rotatable bonds is 3. The Morgan fingerprint density at radius 1 is 1.47 bits per heavy atom. The number of nitrogens with one attached hydrogen (secondary N) is 1. The molecular weight excluding hydrogens is 317 g/mol. The topological polar surface area (TPSA) is 58.6 Å². The van der Waals surface area contributed by atoms with E-state index in [2.05, 4.69) is 21.2 Å². The maximum atomic E-state index is 13.1. The van der Waals surface area contributed by atoms with Crippen LogP contribution in [-0.2, 0) is 4.74 Å². The largest absolute Gasteiger partial charge is 0.388 e. The van der Waals surface area contributed by atoms with E-state index in [1.807, 2.05) is 0 Å². The molecule has 0 aromatic heterocycles. The molecule has 0 spiro atoms. The summed E-state index contributed by atoms with van der Waals surface area (Å²) in [6.07, 6.45) is 1.00. The minimum Gasteiger partial charge on any atom is -0.388 e. The molecule has 0 aliphatic carbocycles. The number of aliphatic hydroxyl groups is 1. The van der Waals surface area contributed by atoms with E-state index in [4.69, 9.17) is 4.74 Å². The fourth-order valence-corrected chi connectivity index (χ4v) is 2.29. The molecule has 2 N–H and O–H groups in total. The number of ether oxygens (including phenoxy) is 1. The Hall–Kier alpha value is -0.980. The summed E-state index contributed by atoms with van der Waals surface area (Å²) in [6, 6.07) is 4.05. The number of amides is 1. The normalized spacial score (nSPS) is 18.1. The van der Waals surface area contributed by atoms with Crippen LogP contribution in [0.2, 0.25) is 0 Å². The average Bonchev–Trinajstić information content (AvgIpc) is 2.40. The van der Waals surface area contributed by atoms with Gasteiger partial charge in [0.15, 0.2) is 0 Å². The van der Waals surface area contributed by atoms with Crippen LogP contribution in [0.1, 0.15) is 23.2 Å². The van der Waals surface area contributed by atoms with Crippen molar-refractivity contribution in [1.29, 1.82) is 0 Å². The monoisotopic (exact) mass is 331 g/mol. The molecule has 1 heterocycles. The van der Waals surface area contributed by atoms with Crippen LogP contribution in [0.3, 0.4) is 0 Å². The first-order valence-corrected chi connectivity index (χ1v) is 6.83. The third-order valence-corrected chi connectivity index (χ3v) is 3.79.